The van der Waals surface area contributed by atoms with Crippen molar-refractivity contribution in [3.63, 3.8) is 0 Å². The minimum absolute atomic E-state index is 0.131. The average molecular weight is 168 g/mol. The molecule has 0 radical (unpaired) electrons. The largest absolute Gasteiger partial charge is 0.458 e. The van der Waals surface area contributed by atoms with E-state index in [4.69, 9.17) is 4.74 Å². The van der Waals surface area contributed by atoms with Crippen LogP contribution in [0.4, 0.5) is 0 Å². The Hall–Kier alpha value is -1.05. The van der Waals surface area contributed by atoms with Crippen molar-refractivity contribution >= 4 is 5.97 Å². The van der Waals surface area contributed by atoms with Gasteiger partial charge in [-0.05, 0) is 6.92 Å². The molecule has 0 fully saturated rings. The summed E-state index contributed by atoms with van der Waals surface area (Å²) in [5.41, 5.74) is 0.987. The van der Waals surface area contributed by atoms with Crippen molar-refractivity contribution < 1.29 is 9.53 Å². The third kappa shape index (κ3) is 3.37. The normalized spacial score (nSPS) is 14.6. The summed E-state index contributed by atoms with van der Waals surface area (Å²) >= 11 is 0. The molecule has 0 aromatic carbocycles. The summed E-state index contributed by atoms with van der Waals surface area (Å²) in [6, 6.07) is 0. The van der Waals surface area contributed by atoms with Crippen LogP contribution in [0.5, 0.6) is 0 Å². The summed E-state index contributed by atoms with van der Waals surface area (Å²) in [4.78, 5) is 10.6. The highest BCUT2D eigenvalue weighted by Crippen LogP contribution is 2.16. The average Bonchev–Trinajstić information content (AvgIpc) is 1.98. The van der Waals surface area contributed by atoms with Gasteiger partial charge in [-0.1, -0.05) is 31.7 Å². The molecule has 0 aliphatic heterocycles. The molecule has 0 rings (SSSR count). The summed E-state index contributed by atoms with van der Waals surface area (Å²) in [6.45, 7) is 12.6. The highest BCUT2D eigenvalue weighted by atomic mass is 16.5. The van der Waals surface area contributed by atoms with Crippen molar-refractivity contribution in [1.29, 1.82) is 0 Å². The standard InChI is InChI=1S/C10H16O2/c1-6-10(12-9(5)11)8(4)7(2)3/h6,8,10H,1-2H2,3-5H3/t8-,10+/m0/s1. The summed E-state index contributed by atoms with van der Waals surface area (Å²) in [6.07, 6.45) is 1.38. The predicted octanol–water partition coefficient (Wildman–Crippen LogP) is 2.32. The lowest BCUT2D eigenvalue weighted by atomic mass is 9.98. The fourth-order valence-electron chi connectivity index (χ4n) is 0.826. The van der Waals surface area contributed by atoms with Crippen LogP contribution in [0.1, 0.15) is 20.8 Å². The van der Waals surface area contributed by atoms with E-state index in [-0.39, 0.29) is 18.0 Å². The minimum Gasteiger partial charge on any atom is -0.458 e. The van der Waals surface area contributed by atoms with Gasteiger partial charge in [0.2, 0.25) is 0 Å². The molecule has 2 nitrogen and oxygen atoms in total. The van der Waals surface area contributed by atoms with Gasteiger partial charge in [0, 0.05) is 12.8 Å². The van der Waals surface area contributed by atoms with Crippen molar-refractivity contribution in [1.82, 2.24) is 0 Å². The Balaban J connectivity index is 4.23. The molecule has 2 heteroatoms. The Morgan fingerprint density at radius 2 is 2.00 bits per heavy atom. The van der Waals surface area contributed by atoms with Gasteiger partial charge in [-0.2, -0.15) is 0 Å². The summed E-state index contributed by atoms with van der Waals surface area (Å²) in [7, 11) is 0. The van der Waals surface area contributed by atoms with Crippen LogP contribution in [0.3, 0.4) is 0 Å². The molecule has 0 saturated heterocycles. The fraction of sp³-hybridized carbons (Fsp3) is 0.500. The highest BCUT2D eigenvalue weighted by molar-refractivity contribution is 5.66. The number of carbonyl (C=O) groups excluding carboxylic acids is 1. The Morgan fingerprint density at radius 1 is 1.50 bits per heavy atom. The maximum absolute atomic E-state index is 10.6. The van der Waals surface area contributed by atoms with Gasteiger partial charge in [-0.25, -0.2) is 0 Å². The van der Waals surface area contributed by atoms with Crippen molar-refractivity contribution in [2.75, 3.05) is 0 Å². The molecule has 0 heterocycles. The number of hydrogen-bond acceptors (Lipinski definition) is 2. The first-order valence-electron chi connectivity index (χ1n) is 3.94. The molecular formula is C10H16O2. The molecule has 0 saturated carbocycles. The van der Waals surface area contributed by atoms with E-state index in [1.54, 1.807) is 6.08 Å². The van der Waals surface area contributed by atoms with Gasteiger partial charge in [0.25, 0.3) is 0 Å². The molecule has 68 valence electrons. The number of ether oxygens (including phenoxy) is 1. The van der Waals surface area contributed by atoms with Gasteiger partial charge >= 0.3 is 5.97 Å². The maximum Gasteiger partial charge on any atom is 0.303 e. The first-order chi connectivity index (χ1) is 5.49. The molecule has 0 aromatic rings. The maximum atomic E-state index is 10.6. The molecule has 0 N–H and O–H groups in total. The zero-order valence-electron chi connectivity index (χ0n) is 7.96. The SMILES string of the molecule is C=C[C@@H](OC(C)=O)[C@@H](C)C(=C)C. The van der Waals surface area contributed by atoms with E-state index in [0.717, 1.165) is 5.57 Å². The minimum atomic E-state index is -0.284. The summed E-state index contributed by atoms with van der Waals surface area (Å²) in [5.74, 6) is -0.153. The van der Waals surface area contributed by atoms with Crippen molar-refractivity contribution in [3.8, 4) is 0 Å². The van der Waals surface area contributed by atoms with Crippen molar-refractivity contribution in [3.05, 3.63) is 24.8 Å². The fourth-order valence-corrected chi connectivity index (χ4v) is 0.826. The second-order valence-electron chi connectivity index (χ2n) is 2.94. The van der Waals surface area contributed by atoms with Crippen LogP contribution in [0, 0.1) is 5.92 Å². The Kier molecular flexibility index (Phi) is 4.34. The smallest absolute Gasteiger partial charge is 0.303 e. The molecule has 0 aliphatic carbocycles. The third-order valence-electron chi connectivity index (χ3n) is 1.80. The first kappa shape index (κ1) is 11.0. The van der Waals surface area contributed by atoms with Gasteiger partial charge in [0.1, 0.15) is 6.10 Å². The molecule has 0 bridgehead atoms. The monoisotopic (exact) mass is 168 g/mol. The van der Waals surface area contributed by atoms with Gasteiger partial charge in [-0.3, -0.25) is 4.79 Å². The zero-order valence-corrected chi connectivity index (χ0v) is 7.96. The van der Waals surface area contributed by atoms with E-state index in [1.807, 2.05) is 13.8 Å². The highest BCUT2D eigenvalue weighted by Gasteiger charge is 2.16. The van der Waals surface area contributed by atoms with E-state index in [1.165, 1.54) is 6.92 Å². The van der Waals surface area contributed by atoms with Crippen LogP contribution >= 0.6 is 0 Å². The van der Waals surface area contributed by atoms with Crippen LogP contribution in [0.15, 0.2) is 24.8 Å². The molecule has 12 heavy (non-hydrogen) atoms. The molecule has 0 amide bonds. The molecule has 2 atom stereocenters. The lowest BCUT2D eigenvalue weighted by Crippen LogP contribution is -2.22. The number of rotatable bonds is 4. The second-order valence-corrected chi connectivity index (χ2v) is 2.94. The van der Waals surface area contributed by atoms with Gasteiger partial charge in [0.15, 0.2) is 0 Å². The number of carbonyl (C=O) groups is 1. The lowest BCUT2D eigenvalue weighted by Gasteiger charge is -2.20. The van der Waals surface area contributed by atoms with E-state index in [2.05, 4.69) is 13.2 Å². The van der Waals surface area contributed by atoms with Gasteiger partial charge < -0.3 is 4.74 Å². The van der Waals surface area contributed by atoms with Crippen LogP contribution < -0.4 is 0 Å². The third-order valence-corrected chi connectivity index (χ3v) is 1.80. The molecule has 0 spiro atoms. The van der Waals surface area contributed by atoms with Gasteiger partial charge in [-0.15, -0.1) is 0 Å². The Labute approximate surface area is 73.9 Å². The van der Waals surface area contributed by atoms with E-state index in [9.17, 15) is 4.79 Å². The van der Waals surface area contributed by atoms with E-state index < -0.39 is 0 Å². The predicted molar refractivity (Wildman–Crippen MR) is 49.7 cm³/mol. The summed E-state index contributed by atoms with van der Waals surface area (Å²) < 4.78 is 5.00. The second kappa shape index (κ2) is 4.75. The first-order valence-corrected chi connectivity index (χ1v) is 3.94. The number of esters is 1. The van der Waals surface area contributed by atoms with E-state index >= 15 is 0 Å². The number of hydrogen-bond donors (Lipinski definition) is 0. The van der Waals surface area contributed by atoms with Crippen LogP contribution in [-0.2, 0) is 9.53 Å². The van der Waals surface area contributed by atoms with Crippen LogP contribution in [0.2, 0.25) is 0 Å². The summed E-state index contributed by atoms with van der Waals surface area (Å²) in [5, 5.41) is 0. The van der Waals surface area contributed by atoms with Crippen LogP contribution in [0.25, 0.3) is 0 Å². The van der Waals surface area contributed by atoms with Crippen molar-refractivity contribution in [2.24, 2.45) is 5.92 Å². The van der Waals surface area contributed by atoms with Gasteiger partial charge in [0.05, 0.1) is 0 Å². The topological polar surface area (TPSA) is 26.3 Å². The van der Waals surface area contributed by atoms with E-state index in [0.29, 0.717) is 0 Å². The van der Waals surface area contributed by atoms with Crippen molar-refractivity contribution in [2.45, 2.75) is 26.9 Å². The Morgan fingerprint density at radius 3 is 2.25 bits per heavy atom. The van der Waals surface area contributed by atoms with Crippen LogP contribution in [-0.4, -0.2) is 12.1 Å². The Bertz CT molecular complexity index is 194. The molecular weight excluding hydrogens is 152 g/mol. The zero-order chi connectivity index (χ0) is 9.72. The molecule has 0 aliphatic rings. The molecule has 0 unspecified atom stereocenters. The quantitative estimate of drug-likeness (QED) is 0.475. The lowest BCUT2D eigenvalue weighted by molar-refractivity contribution is -0.145. The molecule has 0 aromatic heterocycles.